The van der Waals surface area contributed by atoms with E-state index < -0.39 is 33.7 Å². The molecule has 0 fully saturated rings. The normalized spacial score (nSPS) is 11.8. The molecule has 0 spiro atoms. The number of ether oxygens (including phenoxy) is 1. The van der Waals surface area contributed by atoms with Crippen LogP contribution in [0, 0.1) is 17.0 Å². The molecule has 132 valence electrons. The Kier molecular flexibility index (Phi) is 5.50. The van der Waals surface area contributed by atoms with Crippen molar-refractivity contribution in [3.63, 3.8) is 0 Å². The summed E-state index contributed by atoms with van der Waals surface area (Å²) >= 11 is 0. The number of amides is 1. The Labute approximate surface area is 142 Å². The first-order valence-electron chi connectivity index (χ1n) is 7.34. The molecule has 2 rings (SSSR count). The first kappa shape index (κ1) is 18.1. The van der Waals surface area contributed by atoms with Gasteiger partial charge in [0.25, 0.3) is 17.2 Å². The summed E-state index contributed by atoms with van der Waals surface area (Å²) in [7, 11) is 0. The number of carbonyl (C=O) groups is 1. The number of hydrogen-bond donors (Lipinski definition) is 2. The number of carbonyl (C=O) groups excluding carboxylic acids is 1. The molecule has 0 saturated heterocycles. The molecule has 0 aliphatic heterocycles. The Bertz CT molecular complexity index is 844. The molecule has 3 N–H and O–H groups in total. The van der Waals surface area contributed by atoms with Gasteiger partial charge in [-0.15, -0.1) is 0 Å². The van der Waals surface area contributed by atoms with E-state index in [-0.39, 0.29) is 13.2 Å². The van der Waals surface area contributed by atoms with Crippen molar-refractivity contribution in [2.24, 2.45) is 5.73 Å². The van der Waals surface area contributed by atoms with Gasteiger partial charge < -0.3 is 20.1 Å². The van der Waals surface area contributed by atoms with Gasteiger partial charge in [0.2, 0.25) is 0 Å². The number of aromatic nitrogens is 1. The summed E-state index contributed by atoms with van der Waals surface area (Å²) in [5.74, 6) is -0.540. The first-order valence-corrected chi connectivity index (χ1v) is 7.34. The van der Waals surface area contributed by atoms with Crippen LogP contribution < -0.4 is 16.0 Å². The number of hydrogen-bond acceptors (Lipinski definition) is 6. The van der Waals surface area contributed by atoms with Crippen LogP contribution in [0.1, 0.15) is 15.9 Å². The van der Waals surface area contributed by atoms with Crippen LogP contribution in [0.3, 0.4) is 0 Å². The number of rotatable bonds is 7. The number of benzene rings is 1. The molecule has 9 heteroatoms. The van der Waals surface area contributed by atoms with Crippen LogP contribution in [-0.4, -0.2) is 33.2 Å². The Hall–Kier alpha value is -3.20. The van der Waals surface area contributed by atoms with Crippen molar-refractivity contribution in [2.75, 3.05) is 6.61 Å². The Morgan fingerprint density at radius 2 is 2.04 bits per heavy atom. The third kappa shape index (κ3) is 4.64. The van der Waals surface area contributed by atoms with E-state index in [1.165, 1.54) is 0 Å². The summed E-state index contributed by atoms with van der Waals surface area (Å²) in [6.07, 6.45) is -0.175. The van der Waals surface area contributed by atoms with Crippen molar-refractivity contribution in [1.29, 1.82) is 0 Å². The summed E-state index contributed by atoms with van der Waals surface area (Å²) in [6, 6.07) is 7.95. The second-order valence-electron chi connectivity index (χ2n) is 5.47. The quantitative estimate of drug-likeness (QED) is 0.556. The van der Waals surface area contributed by atoms with E-state index >= 15 is 0 Å². The molecular formula is C16H17N3O6. The van der Waals surface area contributed by atoms with E-state index in [1.54, 1.807) is 12.1 Å². The van der Waals surface area contributed by atoms with Gasteiger partial charge >= 0.3 is 0 Å². The minimum atomic E-state index is -1.12. The van der Waals surface area contributed by atoms with Crippen molar-refractivity contribution >= 4 is 11.6 Å². The zero-order valence-corrected chi connectivity index (χ0v) is 13.4. The van der Waals surface area contributed by atoms with Crippen LogP contribution in [0.15, 0.2) is 41.3 Å². The summed E-state index contributed by atoms with van der Waals surface area (Å²) in [5, 5.41) is 20.9. The lowest BCUT2D eigenvalue weighted by Crippen LogP contribution is -2.34. The third-order valence-corrected chi connectivity index (χ3v) is 3.42. The molecule has 1 amide bonds. The van der Waals surface area contributed by atoms with Crippen molar-refractivity contribution in [3.8, 4) is 5.75 Å². The molecule has 2 aromatic rings. The maximum Gasteiger partial charge on any atom is 0.286 e. The number of nitro groups is 1. The first-order chi connectivity index (χ1) is 11.8. The minimum Gasteiger partial charge on any atom is -0.491 e. The monoisotopic (exact) mass is 347 g/mol. The van der Waals surface area contributed by atoms with Gasteiger partial charge in [0, 0.05) is 6.07 Å². The average Bonchev–Trinajstić information content (AvgIpc) is 2.55. The molecule has 0 radical (unpaired) electrons. The van der Waals surface area contributed by atoms with Gasteiger partial charge in [-0.2, -0.15) is 0 Å². The fraction of sp³-hybridized carbons (Fsp3) is 0.250. The maximum atomic E-state index is 12.1. The van der Waals surface area contributed by atoms with E-state index in [0.717, 1.165) is 22.4 Å². The molecule has 1 atom stereocenters. The van der Waals surface area contributed by atoms with E-state index in [2.05, 4.69) is 0 Å². The molecule has 0 saturated carbocycles. The molecule has 0 unspecified atom stereocenters. The highest BCUT2D eigenvalue weighted by atomic mass is 16.6. The number of primary amides is 1. The maximum absolute atomic E-state index is 12.1. The molecule has 1 aromatic carbocycles. The van der Waals surface area contributed by atoms with Gasteiger partial charge in [-0.3, -0.25) is 19.7 Å². The fourth-order valence-electron chi connectivity index (χ4n) is 2.14. The van der Waals surface area contributed by atoms with Crippen LogP contribution in [-0.2, 0) is 6.54 Å². The van der Waals surface area contributed by atoms with E-state index in [1.807, 2.05) is 19.1 Å². The standard InChI is InChI=1S/C16H17N3O6/c1-10-2-4-13(5-3-10)25-9-12(20)8-18-7-11(19(23)24)6-14(15(17)21)16(18)22/h2-7,12,20H,8-9H2,1H3,(H2,17,21)/t12-/m1/s1. The lowest BCUT2D eigenvalue weighted by atomic mass is 10.2. The van der Waals surface area contributed by atoms with Gasteiger partial charge in [-0.1, -0.05) is 17.7 Å². The lowest BCUT2D eigenvalue weighted by Gasteiger charge is -2.14. The Balaban J connectivity index is 2.15. The topological polar surface area (TPSA) is 138 Å². The van der Waals surface area contributed by atoms with Gasteiger partial charge in [-0.05, 0) is 19.1 Å². The van der Waals surface area contributed by atoms with Crippen molar-refractivity contribution < 1.29 is 19.6 Å². The molecule has 1 heterocycles. The van der Waals surface area contributed by atoms with Crippen molar-refractivity contribution in [3.05, 3.63) is 68.1 Å². The SMILES string of the molecule is Cc1ccc(OC[C@H](O)Cn2cc([N+](=O)[O-])cc(C(N)=O)c2=O)cc1. The number of aliphatic hydroxyl groups excluding tert-OH is 1. The second-order valence-corrected chi connectivity index (χ2v) is 5.47. The predicted octanol–water partition coefficient (Wildman–Crippen LogP) is 0.604. The molecule has 25 heavy (non-hydrogen) atoms. The average molecular weight is 347 g/mol. The Morgan fingerprint density at radius 1 is 1.40 bits per heavy atom. The summed E-state index contributed by atoms with van der Waals surface area (Å²) < 4.78 is 6.28. The molecule has 0 aliphatic carbocycles. The Morgan fingerprint density at radius 3 is 2.60 bits per heavy atom. The van der Waals surface area contributed by atoms with Crippen LogP contribution in [0.5, 0.6) is 5.75 Å². The van der Waals surface area contributed by atoms with E-state index in [9.17, 15) is 24.8 Å². The number of nitrogens with two attached hydrogens (primary N) is 1. The number of aryl methyl sites for hydroxylation is 1. The van der Waals surface area contributed by atoms with Gasteiger partial charge in [0.1, 0.15) is 24.0 Å². The number of pyridine rings is 1. The second kappa shape index (κ2) is 7.58. The van der Waals surface area contributed by atoms with Crippen LogP contribution in [0.25, 0.3) is 0 Å². The van der Waals surface area contributed by atoms with Crippen molar-refractivity contribution in [1.82, 2.24) is 4.57 Å². The molecule has 0 aliphatic rings. The highest BCUT2D eigenvalue weighted by molar-refractivity contribution is 5.92. The molecule has 1 aromatic heterocycles. The zero-order valence-electron chi connectivity index (χ0n) is 13.4. The van der Waals surface area contributed by atoms with Crippen LogP contribution in [0.4, 0.5) is 5.69 Å². The number of aliphatic hydroxyl groups is 1. The summed E-state index contributed by atoms with van der Waals surface area (Å²) in [5.41, 5.74) is 4.32. The largest absolute Gasteiger partial charge is 0.491 e. The lowest BCUT2D eigenvalue weighted by molar-refractivity contribution is -0.385. The molecule has 9 nitrogen and oxygen atoms in total. The van der Waals surface area contributed by atoms with Gasteiger partial charge in [0.15, 0.2) is 0 Å². The van der Waals surface area contributed by atoms with E-state index in [0.29, 0.717) is 5.75 Å². The highest BCUT2D eigenvalue weighted by Crippen LogP contribution is 2.13. The van der Waals surface area contributed by atoms with Crippen LogP contribution >= 0.6 is 0 Å². The third-order valence-electron chi connectivity index (χ3n) is 3.42. The zero-order chi connectivity index (χ0) is 18.6. The highest BCUT2D eigenvalue weighted by Gasteiger charge is 2.19. The smallest absolute Gasteiger partial charge is 0.286 e. The summed E-state index contributed by atoms with van der Waals surface area (Å²) in [6.45, 7) is 1.50. The molecule has 0 bridgehead atoms. The molecular weight excluding hydrogens is 330 g/mol. The van der Waals surface area contributed by atoms with Crippen molar-refractivity contribution in [2.45, 2.75) is 19.6 Å². The van der Waals surface area contributed by atoms with Gasteiger partial charge in [-0.25, -0.2) is 0 Å². The minimum absolute atomic E-state index is 0.135. The van der Waals surface area contributed by atoms with Gasteiger partial charge in [0.05, 0.1) is 17.7 Å². The summed E-state index contributed by atoms with van der Waals surface area (Å²) in [4.78, 5) is 33.6. The van der Waals surface area contributed by atoms with Crippen LogP contribution in [0.2, 0.25) is 0 Å². The number of nitrogens with zero attached hydrogens (tertiary/aromatic N) is 2. The fourth-order valence-corrected chi connectivity index (χ4v) is 2.14. The van der Waals surface area contributed by atoms with E-state index in [4.69, 9.17) is 10.5 Å². The predicted molar refractivity (Wildman–Crippen MR) is 88.6 cm³/mol.